The summed E-state index contributed by atoms with van der Waals surface area (Å²) in [5.41, 5.74) is 0. The van der Waals surface area contributed by atoms with Gasteiger partial charge in [-0.3, -0.25) is 0 Å². The molecule has 0 atom stereocenters. The van der Waals surface area contributed by atoms with Gasteiger partial charge in [0.05, 0.1) is 6.61 Å². The molecule has 0 fully saturated rings. The van der Waals surface area contributed by atoms with Gasteiger partial charge in [0.1, 0.15) is 7.11 Å². The predicted octanol–water partition coefficient (Wildman–Crippen LogP) is 0.546. The number of carbonyl (C=O) groups excluding carboxylic acids is 1. The second-order valence-corrected chi connectivity index (χ2v) is 1.89. The lowest BCUT2D eigenvalue weighted by Crippen LogP contribution is -2.14. The minimum Gasteiger partial charge on any atom is -0.467 e. The predicted molar refractivity (Wildman–Crippen MR) is 42.7 cm³/mol. The van der Waals surface area contributed by atoms with Crippen molar-refractivity contribution in [2.24, 2.45) is 5.16 Å². The zero-order valence-corrected chi connectivity index (χ0v) is 7.49. The van der Waals surface area contributed by atoms with Crippen LogP contribution < -0.4 is 0 Å². The van der Waals surface area contributed by atoms with Crippen molar-refractivity contribution in [2.75, 3.05) is 20.3 Å². The van der Waals surface area contributed by atoms with E-state index in [2.05, 4.69) is 14.7 Å². The molecule has 70 valence electrons. The van der Waals surface area contributed by atoms with Crippen LogP contribution in [-0.4, -0.2) is 32.2 Å². The van der Waals surface area contributed by atoms with Crippen molar-refractivity contribution in [1.29, 1.82) is 0 Å². The average Bonchev–Trinajstić information content (AvgIpc) is 2.02. The summed E-state index contributed by atoms with van der Waals surface area (Å²) in [6.45, 7) is 3.53. The third-order valence-corrected chi connectivity index (χ3v) is 0.924. The molecular formula is C7H13NO4. The molecule has 0 rings (SSSR count). The van der Waals surface area contributed by atoms with Crippen molar-refractivity contribution in [3.05, 3.63) is 0 Å². The second-order valence-electron chi connectivity index (χ2n) is 1.89. The Morgan fingerprint density at radius 3 is 2.58 bits per heavy atom. The third kappa shape index (κ3) is 5.52. The molecule has 0 heterocycles. The standard InChI is InChI=1S/C7H13NO4/c1-4-11-7(9)5-12-6(2)8-10-3/h4-5H2,1-3H3. The number of ether oxygens (including phenoxy) is 2. The van der Waals surface area contributed by atoms with Gasteiger partial charge in [-0.05, 0) is 6.92 Å². The maximum Gasteiger partial charge on any atom is 0.344 e. The zero-order chi connectivity index (χ0) is 9.40. The molecule has 5 nitrogen and oxygen atoms in total. The summed E-state index contributed by atoms with van der Waals surface area (Å²) in [4.78, 5) is 15.1. The number of hydrogen-bond donors (Lipinski definition) is 0. The Morgan fingerprint density at radius 2 is 2.08 bits per heavy atom. The summed E-state index contributed by atoms with van der Waals surface area (Å²) in [6.07, 6.45) is 0. The van der Waals surface area contributed by atoms with Crippen molar-refractivity contribution in [2.45, 2.75) is 13.8 Å². The first-order valence-electron chi connectivity index (χ1n) is 3.56. The Kier molecular flexibility index (Phi) is 5.77. The molecule has 5 heteroatoms. The lowest BCUT2D eigenvalue weighted by atomic mass is 10.7. The molecule has 0 unspecified atom stereocenters. The van der Waals surface area contributed by atoms with Gasteiger partial charge in [-0.2, -0.15) is 0 Å². The summed E-state index contributed by atoms with van der Waals surface area (Å²) in [5.74, 6) is -0.117. The summed E-state index contributed by atoms with van der Waals surface area (Å²) in [6, 6.07) is 0. The van der Waals surface area contributed by atoms with Gasteiger partial charge in [-0.25, -0.2) is 4.79 Å². The first kappa shape index (κ1) is 10.7. The Bertz CT molecular complexity index is 167. The molecule has 0 bridgehead atoms. The van der Waals surface area contributed by atoms with Crippen LogP contribution in [0.4, 0.5) is 0 Å². The van der Waals surface area contributed by atoms with Gasteiger partial charge in [-0.1, -0.05) is 5.16 Å². The number of carbonyl (C=O) groups is 1. The lowest BCUT2D eigenvalue weighted by molar-refractivity contribution is -0.145. The monoisotopic (exact) mass is 175 g/mol. The van der Waals surface area contributed by atoms with Gasteiger partial charge in [-0.15, -0.1) is 0 Å². The van der Waals surface area contributed by atoms with Crippen LogP contribution >= 0.6 is 0 Å². The van der Waals surface area contributed by atoms with Gasteiger partial charge in [0.15, 0.2) is 6.61 Å². The number of esters is 1. The molecule has 0 aliphatic rings. The average molecular weight is 175 g/mol. The van der Waals surface area contributed by atoms with Crippen molar-refractivity contribution < 1.29 is 19.1 Å². The molecule has 0 saturated carbocycles. The largest absolute Gasteiger partial charge is 0.467 e. The molecule has 0 aromatic rings. The van der Waals surface area contributed by atoms with E-state index < -0.39 is 5.97 Å². The van der Waals surface area contributed by atoms with E-state index in [1.807, 2.05) is 0 Å². The van der Waals surface area contributed by atoms with Crippen LogP contribution in [0.2, 0.25) is 0 Å². The zero-order valence-electron chi connectivity index (χ0n) is 7.49. The highest BCUT2D eigenvalue weighted by atomic mass is 16.6. The van der Waals surface area contributed by atoms with Crippen LogP contribution in [0.15, 0.2) is 5.16 Å². The van der Waals surface area contributed by atoms with Crippen molar-refractivity contribution in [3.8, 4) is 0 Å². The minimum atomic E-state index is -0.414. The number of nitrogens with zero attached hydrogens (tertiary/aromatic N) is 1. The SMILES string of the molecule is CCOC(=O)COC(C)=NOC. The van der Waals surface area contributed by atoms with E-state index in [-0.39, 0.29) is 6.61 Å². The fourth-order valence-electron chi connectivity index (χ4n) is 0.521. The number of rotatable bonds is 4. The van der Waals surface area contributed by atoms with Gasteiger partial charge in [0, 0.05) is 6.92 Å². The van der Waals surface area contributed by atoms with Crippen molar-refractivity contribution in [3.63, 3.8) is 0 Å². The molecular weight excluding hydrogens is 162 g/mol. The Morgan fingerprint density at radius 1 is 1.42 bits per heavy atom. The summed E-state index contributed by atoms with van der Waals surface area (Å²) in [7, 11) is 1.40. The Balaban J connectivity index is 3.53. The normalized spacial score (nSPS) is 10.8. The highest BCUT2D eigenvalue weighted by molar-refractivity contribution is 5.77. The van der Waals surface area contributed by atoms with E-state index >= 15 is 0 Å². The molecule has 0 amide bonds. The first-order valence-corrected chi connectivity index (χ1v) is 3.56. The first-order chi connectivity index (χ1) is 5.70. The fourth-order valence-corrected chi connectivity index (χ4v) is 0.521. The van der Waals surface area contributed by atoms with Crippen LogP contribution in [0, 0.1) is 0 Å². The highest BCUT2D eigenvalue weighted by Gasteiger charge is 2.02. The molecule has 0 aliphatic carbocycles. The molecule has 0 aliphatic heterocycles. The highest BCUT2D eigenvalue weighted by Crippen LogP contribution is 1.85. The van der Waals surface area contributed by atoms with E-state index in [4.69, 9.17) is 4.74 Å². The molecule has 0 radical (unpaired) electrons. The number of hydrogen-bond acceptors (Lipinski definition) is 5. The minimum absolute atomic E-state index is 0.132. The molecule has 0 aromatic carbocycles. The Hall–Kier alpha value is -1.26. The van der Waals surface area contributed by atoms with Gasteiger partial charge in [0.25, 0.3) is 0 Å². The maximum absolute atomic E-state index is 10.7. The molecule has 0 saturated heterocycles. The van der Waals surface area contributed by atoms with Crippen molar-refractivity contribution >= 4 is 11.9 Å². The molecule has 12 heavy (non-hydrogen) atoms. The molecule has 0 aromatic heterocycles. The van der Waals surface area contributed by atoms with E-state index in [9.17, 15) is 4.79 Å². The van der Waals surface area contributed by atoms with Crippen molar-refractivity contribution in [1.82, 2.24) is 0 Å². The topological polar surface area (TPSA) is 57.1 Å². The summed E-state index contributed by atoms with van der Waals surface area (Å²) < 4.78 is 9.46. The second kappa shape index (κ2) is 6.45. The molecule has 0 N–H and O–H groups in total. The van der Waals surface area contributed by atoms with E-state index in [1.165, 1.54) is 7.11 Å². The van der Waals surface area contributed by atoms with Crippen LogP contribution in [0.1, 0.15) is 13.8 Å². The maximum atomic E-state index is 10.7. The van der Waals surface area contributed by atoms with Crippen LogP contribution in [-0.2, 0) is 19.1 Å². The quantitative estimate of drug-likeness (QED) is 0.271. The third-order valence-electron chi connectivity index (χ3n) is 0.924. The van der Waals surface area contributed by atoms with Gasteiger partial charge < -0.3 is 14.3 Å². The summed E-state index contributed by atoms with van der Waals surface area (Å²) in [5, 5.41) is 3.44. The van der Waals surface area contributed by atoms with Crippen LogP contribution in [0.5, 0.6) is 0 Å². The van der Waals surface area contributed by atoms with E-state index in [0.717, 1.165) is 0 Å². The number of oxime groups is 1. The fraction of sp³-hybridized carbons (Fsp3) is 0.714. The Labute approximate surface area is 71.3 Å². The lowest BCUT2D eigenvalue weighted by Gasteiger charge is -2.03. The van der Waals surface area contributed by atoms with Crippen LogP contribution in [0.25, 0.3) is 0 Å². The molecule has 0 spiro atoms. The van der Waals surface area contributed by atoms with Gasteiger partial charge in [0.2, 0.25) is 5.90 Å². The smallest absolute Gasteiger partial charge is 0.344 e. The van der Waals surface area contributed by atoms with Crippen LogP contribution in [0.3, 0.4) is 0 Å². The van der Waals surface area contributed by atoms with E-state index in [1.54, 1.807) is 13.8 Å². The van der Waals surface area contributed by atoms with E-state index in [0.29, 0.717) is 12.5 Å². The van der Waals surface area contributed by atoms with Gasteiger partial charge >= 0.3 is 5.97 Å². The summed E-state index contributed by atoms with van der Waals surface area (Å²) >= 11 is 0.